The summed E-state index contributed by atoms with van der Waals surface area (Å²) in [6.07, 6.45) is 1.38. The molecule has 6 rings (SSSR count). The Kier molecular flexibility index (Phi) is 8.25. The lowest BCUT2D eigenvalue weighted by Crippen LogP contribution is -2.21. The maximum atomic E-state index is 13.7. The summed E-state index contributed by atoms with van der Waals surface area (Å²) in [6, 6.07) is 23.6. The molecular formula is C32H21Cl3N4O5. The fraction of sp³-hybridized carbons (Fsp3) is 0.0625. The van der Waals surface area contributed by atoms with Gasteiger partial charge in [-0.1, -0.05) is 46.9 Å². The molecule has 44 heavy (non-hydrogen) atoms. The number of furan rings is 1. The van der Waals surface area contributed by atoms with Gasteiger partial charge in [0, 0.05) is 37.8 Å². The molecule has 220 valence electrons. The Bertz CT molecular complexity index is 2120. The topological polar surface area (TPSA) is 108 Å². The van der Waals surface area contributed by atoms with E-state index in [2.05, 4.69) is 10.4 Å². The van der Waals surface area contributed by atoms with E-state index < -0.39 is 11.5 Å². The van der Waals surface area contributed by atoms with E-state index in [0.29, 0.717) is 48.6 Å². The predicted octanol–water partition coefficient (Wildman–Crippen LogP) is 7.68. The van der Waals surface area contributed by atoms with Crippen LogP contribution in [0.2, 0.25) is 15.1 Å². The Morgan fingerprint density at radius 1 is 0.977 bits per heavy atom. The molecule has 0 saturated carbocycles. The van der Waals surface area contributed by atoms with Crippen LogP contribution >= 0.6 is 34.8 Å². The molecule has 9 nitrogen and oxygen atoms in total. The molecule has 0 spiro atoms. The van der Waals surface area contributed by atoms with E-state index in [1.54, 1.807) is 84.9 Å². The van der Waals surface area contributed by atoms with E-state index in [1.165, 1.54) is 13.3 Å². The first-order valence-corrected chi connectivity index (χ1v) is 14.2. The van der Waals surface area contributed by atoms with Gasteiger partial charge in [-0.25, -0.2) is 4.98 Å². The number of para-hydroxylation sites is 1. The monoisotopic (exact) mass is 646 g/mol. The van der Waals surface area contributed by atoms with Crippen molar-refractivity contribution < 1.29 is 18.7 Å². The highest BCUT2D eigenvalue weighted by molar-refractivity contribution is 6.31. The minimum atomic E-state index is -0.431. The van der Waals surface area contributed by atoms with Crippen molar-refractivity contribution in [3.05, 3.63) is 116 Å². The molecule has 0 aliphatic rings. The van der Waals surface area contributed by atoms with Crippen LogP contribution in [0.1, 0.15) is 5.56 Å². The Balaban J connectivity index is 1.39. The fourth-order valence-corrected chi connectivity index (χ4v) is 5.02. The molecule has 1 amide bonds. The van der Waals surface area contributed by atoms with Crippen LogP contribution in [0.15, 0.2) is 99.2 Å². The molecule has 0 aliphatic carbocycles. The van der Waals surface area contributed by atoms with Gasteiger partial charge in [-0.3, -0.25) is 9.59 Å². The maximum Gasteiger partial charge on any atom is 0.282 e. The first-order chi connectivity index (χ1) is 21.3. The second-order valence-electron chi connectivity index (χ2n) is 9.48. The van der Waals surface area contributed by atoms with E-state index in [1.807, 2.05) is 0 Å². The van der Waals surface area contributed by atoms with Crippen molar-refractivity contribution in [2.45, 2.75) is 0 Å². The molecule has 0 radical (unpaired) electrons. The first-order valence-electron chi connectivity index (χ1n) is 13.1. The van der Waals surface area contributed by atoms with Crippen LogP contribution in [-0.4, -0.2) is 35.5 Å². The van der Waals surface area contributed by atoms with Gasteiger partial charge in [-0.05, 0) is 66.7 Å². The number of amides is 1. The molecule has 6 aromatic rings. The number of halogens is 3. The molecule has 1 N–H and O–H groups in total. The Morgan fingerprint density at radius 3 is 2.55 bits per heavy atom. The zero-order chi connectivity index (χ0) is 30.8. The quantitative estimate of drug-likeness (QED) is 0.170. The lowest BCUT2D eigenvalue weighted by Gasteiger charge is -2.14. The number of hydrogen-bond donors (Lipinski definition) is 1. The van der Waals surface area contributed by atoms with Crippen LogP contribution in [0, 0.1) is 0 Å². The number of nitrogens with zero attached hydrogens (tertiary/aromatic N) is 3. The van der Waals surface area contributed by atoms with Gasteiger partial charge in [-0.15, -0.1) is 0 Å². The second-order valence-corrected chi connectivity index (χ2v) is 10.8. The number of anilines is 1. The van der Waals surface area contributed by atoms with Crippen LogP contribution in [0.4, 0.5) is 5.69 Å². The van der Waals surface area contributed by atoms with Gasteiger partial charge in [0.05, 0.1) is 24.2 Å². The Hall–Kier alpha value is -4.83. The van der Waals surface area contributed by atoms with Gasteiger partial charge in [0.2, 0.25) is 5.82 Å². The molecule has 2 aromatic heterocycles. The largest absolute Gasteiger partial charge is 0.493 e. The molecule has 2 heterocycles. The van der Waals surface area contributed by atoms with E-state index in [-0.39, 0.29) is 23.9 Å². The van der Waals surface area contributed by atoms with Crippen LogP contribution in [0.25, 0.3) is 33.5 Å². The summed E-state index contributed by atoms with van der Waals surface area (Å²) < 4.78 is 18.5. The average molecular weight is 648 g/mol. The number of methoxy groups -OCH3 is 1. The van der Waals surface area contributed by atoms with Gasteiger partial charge in [-0.2, -0.15) is 9.78 Å². The zero-order valence-corrected chi connectivity index (χ0v) is 25.2. The summed E-state index contributed by atoms with van der Waals surface area (Å²) >= 11 is 18.5. The SMILES string of the molecule is COc1cc(Cl)cc(C=Nn2c(-c3cc4cc(Cl)ccc4o3)nc3ccccc3c2=O)c1OCC(=O)Nc1ccc(Cl)cc1. The summed E-state index contributed by atoms with van der Waals surface area (Å²) in [5.41, 5.74) is 1.50. The van der Waals surface area contributed by atoms with Gasteiger partial charge in [0.25, 0.3) is 11.5 Å². The van der Waals surface area contributed by atoms with Gasteiger partial charge < -0.3 is 19.2 Å². The Morgan fingerprint density at radius 2 is 1.75 bits per heavy atom. The molecule has 0 atom stereocenters. The smallest absolute Gasteiger partial charge is 0.282 e. The zero-order valence-electron chi connectivity index (χ0n) is 22.9. The second kappa shape index (κ2) is 12.4. The lowest BCUT2D eigenvalue weighted by atomic mass is 10.2. The van der Waals surface area contributed by atoms with Gasteiger partial charge >= 0.3 is 0 Å². The van der Waals surface area contributed by atoms with Gasteiger partial charge in [0.15, 0.2) is 23.9 Å². The predicted molar refractivity (Wildman–Crippen MR) is 173 cm³/mol. The van der Waals surface area contributed by atoms with Crippen molar-refractivity contribution in [2.24, 2.45) is 5.10 Å². The van der Waals surface area contributed by atoms with Crippen LogP contribution in [-0.2, 0) is 4.79 Å². The number of carbonyl (C=O) groups excluding carboxylic acids is 1. The molecular weight excluding hydrogens is 627 g/mol. The fourth-order valence-electron chi connectivity index (χ4n) is 4.49. The van der Waals surface area contributed by atoms with Crippen LogP contribution < -0.4 is 20.3 Å². The summed E-state index contributed by atoms with van der Waals surface area (Å²) in [6.45, 7) is -0.355. The average Bonchev–Trinajstić information content (AvgIpc) is 3.44. The summed E-state index contributed by atoms with van der Waals surface area (Å²) in [5.74, 6) is 0.497. The molecule has 0 aliphatic heterocycles. The molecule has 0 bridgehead atoms. The van der Waals surface area contributed by atoms with E-state index in [4.69, 9.17) is 53.7 Å². The van der Waals surface area contributed by atoms with Crippen molar-refractivity contribution in [1.82, 2.24) is 9.66 Å². The van der Waals surface area contributed by atoms with Gasteiger partial charge in [0.1, 0.15) is 5.58 Å². The number of hydrogen-bond acceptors (Lipinski definition) is 7. The molecule has 4 aromatic carbocycles. The molecule has 0 fully saturated rings. The van der Waals surface area contributed by atoms with Crippen molar-refractivity contribution in [3.8, 4) is 23.1 Å². The minimum absolute atomic E-state index is 0.163. The standard InChI is InChI=1S/C32H21Cl3N4O5/c1-42-27-15-22(35)13-19(30(27)43-17-29(40)37-23-9-6-20(33)7-10-23)16-36-39-31(38-25-5-3-2-4-24(25)32(39)41)28-14-18-12-21(34)8-11-26(18)44-28/h2-16H,17H2,1H3,(H,37,40). The highest BCUT2D eigenvalue weighted by atomic mass is 35.5. The number of aromatic nitrogens is 2. The number of fused-ring (bicyclic) bond motifs is 2. The third-order valence-corrected chi connectivity index (χ3v) is 7.21. The van der Waals surface area contributed by atoms with Crippen molar-refractivity contribution >= 4 is 74.5 Å². The third-order valence-electron chi connectivity index (χ3n) is 6.51. The highest BCUT2D eigenvalue weighted by Crippen LogP contribution is 2.34. The highest BCUT2D eigenvalue weighted by Gasteiger charge is 2.18. The number of rotatable bonds is 8. The molecule has 0 unspecified atom stereocenters. The summed E-state index contributed by atoms with van der Waals surface area (Å²) in [4.78, 5) is 31.0. The van der Waals surface area contributed by atoms with E-state index in [0.717, 1.165) is 10.1 Å². The van der Waals surface area contributed by atoms with Crippen LogP contribution in [0.5, 0.6) is 11.5 Å². The lowest BCUT2D eigenvalue weighted by molar-refractivity contribution is -0.118. The normalized spacial score (nSPS) is 11.4. The summed E-state index contributed by atoms with van der Waals surface area (Å²) in [7, 11) is 1.44. The van der Waals surface area contributed by atoms with Crippen molar-refractivity contribution in [2.75, 3.05) is 19.0 Å². The van der Waals surface area contributed by atoms with E-state index >= 15 is 0 Å². The van der Waals surface area contributed by atoms with E-state index in [9.17, 15) is 9.59 Å². The number of ether oxygens (including phenoxy) is 2. The molecule has 12 heteroatoms. The number of carbonyl (C=O) groups is 1. The van der Waals surface area contributed by atoms with Crippen molar-refractivity contribution in [3.63, 3.8) is 0 Å². The Labute approximate surface area is 265 Å². The minimum Gasteiger partial charge on any atom is -0.493 e. The number of nitrogens with one attached hydrogen (secondary N) is 1. The third kappa shape index (κ3) is 6.12. The number of benzene rings is 4. The molecule has 0 saturated heterocycles. The summed E-state index contributed by atoms with van der Waals surface area (Å²) in [5, 5.41) is 9.72. The first kappa shape index (κ1) is 29.3. The maximum absolute atomic E-state index is 13.7. The van der Waals surface area contributed by atoms with Crippen LogP contribution in [0.3, 0.4) is 0 Å². The van der Waals surface area contributed by atoms with Crippen molar-refractivity contribution in [1.29, 1.82) is 0 Å².